The highest BCUT2D eigenvalue weighted by Gasteiger charge is 2.15. The Morgan fingerprint density at radius 3 is 3.00 bits per heavy atom. The van der Waals surface area contributed by atoms with Gasteiger partial charge in [0.25, 0.3) is 0 Å². The number of nitrogens with one attached hydrogen (secondary N) is 2. The quantitative estimate of drug-likeness (QED) is 0.720. The molecule has 6 nitrogen and oxygen atoms in total. The number of hydrogen-bond donors (Lipinski definition) is 3. The number of nitrogens with zero attached hydrogens (tertiary/aromatic N) is 1. The number of ether oxygens (including phenoxy) is 1. The van der Waals surface area contributed by atoms with Crippen molar-refractivity contribution in [2.45, 2.75) is 18.9 Å². The Morgan fingerprint density at radius 1 is 1.53 bits per heavy atom. The Labute approximate surface area is 99.5 Å². The molecule has 1 aliphatic heterocycles. The molecule has 2 rings (SSSR count). The van der Waals surface area contributed by atoms with E-state index in [1.165, 1.54) is 0 Å². The maximum Gasteiger partial charge on any atom is 0.316 e. The lowest BCUT2D eigenvalue weighted by Gasteiger charge is -2.23. The summed E-state index contributed by atoms with van der Waals surface area (Å²) in [6, 6.07) is 2.75. The van der Waals surface area contributed by atoms with Crippen molar-refractivity contribution in [3.05, 3.63) is 18.3 Å². The highest BCUT2D eigenvalue weighted by molar-refractivity contribution is 5.87. The molecule has 0 aliphatic carbocycles. The van der Waals surface area contributed by atoms with Crippen LogP contribution in [0.2, 0.25) is 0 Å². The number of aromatic nitrogens is 1. The molecule has 2 amide bonds. The molecule has 2 heterocycles. The topological polar surface area (TPSA) is 89.3 Å². The maximum atomic E-state index is 10.7. The third-order valence-electron chi connectivity index (χ3n) is 2.58. The van der Waals surface area contributed by atoms with Crippen LogP contribution < -0.4 is 21.1 Å². The SMILES string of the molecule is NC(=O)Nc1ccnc(OC2CCNCC2)c1. The molecule has 1 fully saturated rings. The van der Waals surface area contributed by atoms with Crippen molar-refractivity contribution in [3.8, 4) is 5.88 Å². The minimum absolute atomic E-state index is 0.188. The molecule has 0 unspecified atom stereocenters. The number of urea groups is 1. The second-order valence-electron chi connectivity index (χ2n) is 3.94. The lowest BCUT2D eigenvalue weighted by Crippen LogP contribution is -2.34. The second-order valence-corrected chi connectivity index (χ2v) is 3.94. The molecule has 6 heteroatoms. The Kier molecular flexibility index (Phi) is 3.77. The molecule has 0 radical (unpaired) electrons. The number of anilines is 1. The molecule has 0 bridgehead atoms. The van der Waals surface area contributed by atoms with E-state index in [0.29, 0.717) is 11.6 Å². The predicted octanol–water partition coefficient (Wildman–Crippen LogP) is 0.703. The molecule has 0 aromatic carbocycles. The summed E-state index contributed by atoms with van der Waals surface area (Å²) in [5.41, 5.74) is 5.63. The number of amides is 2. The van der Waals surface area contributed by atoms with Crippen molar-refractivity contribution in [3.63, 3.8) is 0 Å². The number of hydrogen-bond acceptors (Lipinski definition) is 4. The standard InChI is InChI=1S/C11H16N4O2/c12-11(16)15-8-1-6-14-10(7-8)17-9-2-4-13-5-3-9/h1,6-7,9,13H,2-5H2,(H3,12,14,15,16). The fourth-order valence-electron chi connectivity index (χ4n) is 1.78. The zero-order chi connectivity index (χ0) is 12.1. The molecule has 1 aliphatic rings. The lowest BCUT2D eigenvalue weighted by atomic mass is 10.1. The number of primary amides is 1. The minimum atomic E-state index is -0.594. The van der Waals surface area contributed by atoms with Crippen molar-refractivity contribution in [1.82, 2.24) is 10.3 Å². The number of carbonyl (C=O) groups excluding carboxylic acids is 1. The van der Waals surface area contributed by atoms with Crippen molar-refractivity contribution in [2.75, 3.05) is 18.4 Å². The maximum absolute atomic E-state index is 10.7. The van der Waals surface area contributed by atoms with E-state index in [4.69, 9.17) is 10.5 Å². The second kappa shape index (κ2) is 5.49. The summed E-state index contributed by atoms with van der Waals surface area (Å²) in [7, 11) is 0. The highest BCUT2D eigenvalue weighted by atomic mass is 16.5. The zero-order valence-corrected chi connectivity index (χ0v) is 9.48. The van der Waals surface area contributed by atoms with E-state index in [2.05, 4.69) is 15.6 Å². The zero-order valence-electron chi connectivity index (χ0n) is 9.48. The van der Waals surface area contributed by atoms with E-state index >= 15 is 0 Å². The van der Waals surface area contributed by atoms with Gasteiger partial charge in [0.15, 0.2) is 0 Å². The van der Waals surface area contributed by atoms with Gasteiger partial charge in [0.2, 0.25) is 5.88 Å². The summed E-state index contributed by atoms with van der Waals surface area (Å²) in [6.07, 6.45) is 3.71. The van der Waals surface area contributed by atoms with Crippen LogP contribution in [0.15, 0.2) is 18.3 Å². The third kappa shape index (κ3) is 3.60. The summed E-state index contributed by atoms with van der Waals surface area (Å²) < 4.78 is 5.73. The minimum Gasteiger partial charge on any atom is -0.474 e. The Hall–Kier alpha value is -1.82. The number of nitrogens with two attached hydrogens (primary N) is 1. The van der Waals surface area contributed by atoms with Gasteiger partial charge < -0.3 is 21.1 Å². The first-order valence-corrected chi connectivity index (χ1v) is 5.64. The van der Waals surface area contributed by atoms with Gasteiger partial charge in [-0.1, -0.05) is 0 Å². The number of piperidine rings is 1. The van der Waals surface area contributed by atoms with Gasteiger partial charge in [0.05, 0.1) is 0 Å². The largest absolute Gasteiger partial charge is 0.474 e. The van der Waals surface area contributed by atoms with Crippen LogP contribution in [0, 0.1) is 0 Å². The van der Waals surface area contributed by atoms with Gasteiger partial charge in [-0.15, -0.1) is 0 Å². The van der Waals surface area contributed by atoms with E-state index in [-0.39, 0.29) is 6.10 Å². The van der Waals surface area contributed by atoms with Gasteiger partial charge in [0.1, 0.15) is 6.10 Å². The van der Waals surface area contributed by atoms with Gasteiger partial charge in [-0.3, -0.25) is 0 Å². The number of pyridine rings is 1. The van der Waals surface area contributed by atoms with Gasteiger partial charge in [-0.05, 0) is 32.0 Å². The first kappa shape index (κ1) is 11.7. The highest BCUT2D eigenvalue weighted by Crippen LogP contribution is 2.17. The normalized spacial score (nSPS) is 16.5. The first-order chi connectivity index (χ1) is 8.24. The fourth-order valence-corrected chi connectivity index (χ4v) is 1.78. The molecular weight excluding hydrogens is 220 g/mol. The average Bonchev–Trinajstić information content (AvgIpc) is 2.30. The average molecular weight is 236 g/mol. The van der Waals surface area contributed by atoms with Gasteiger partial charge in [0, 0.05) is 18.0 Å². The predicted molar refractivity (Wildman–Crippen MR) is 64.0 cm³/mol. The van der Waals surface area contributed by atoms with Crippen LogP contribution in [0.1, 0.15) is 12.8 Å². The van der Waals surface area contributed by atoms with Gasteiger partial charge in [-0.2, -0.15) is 0 Å². The van der Waals surface area contributed by atoms with E-state index in [1.54, 1.807) is 18.3 Å². The Bertz CT molecular complexity index is 391. The van der Waals surface area contributed by atoms with Crippen LogP contribution >= 0.6 is 0 Å². The van der Waals surface area contributed by atoms with Crippen molar-refractivity contribution in [2.24, 2.45) is 5.73 Å². The summed E-state index contributed by atoms with van der Waals surface area (Å²) in [6.45, 7) is 1.92. The molecule has 92 valence electrons. The fraction of sp³-hybridized carbons (Fsp3) is 0.455. The summed E-state index contributed by atoms with van der Waals surface area (Å²) in [4.78, 5) is 14.8. The molecule has 17 heavy (non-hydrogen) atoms. The molecular formula is C11H16N4O2. The third-order valence-corrected chi connectivity index (χ3v) is 2.58. The van der Waals surface area contributed by atoms with Crippen LogP contribution in [0.4, 0.5) is 10.5 Å². The lowest BCUT2D eigenvalue weighted by molar-refractivity contribution is 0.156. The summed E-state index contributed by atoms with van der Waals surface area (Å²) >= 11 is 0. The summed E-state index contributed by atoms with van der Waals surface area (Å²) in [5, 5.41) is 5.75. The van der Waals surface area contributed by atoms with Crippen LogP contribution in [-0.2, 0) is 0 Å². The van der Waals surface area contributed by atoms with Gasteiger partial charge >= 0.3 is 6.03 Å². The Morgan fingerprint density at radius 2 is 2.29 bits per heavy atom. The molecule has 0 spiro atoms. The van der Waals surface area contributed by atoms with Crippen molar-refractivity contribution < 1.29 is 9.53 Å². The number of carbonyl (C=O) groups is 1. The molecule has 1 saturated heterocycles. The van der Waals surface area contributed by atoms with Gasteiger partial charge in [-0.25, -0.2) is 9.78 Å². The molecule has 1 aromatic heterocycles. The van der Waals surface area contributed by atoms with E-state index < -0.39 is 6.03 Å². The smallest absolute Gasteiger partial charge is 0.316 e. The van der Waals surface area contributed by atoms with E-state index in [0.717, 1.165) is 25.9 Å². The molecule has 1 aromatic rings. The molecule has 0 atom stereocenters. The summed E-state index contributed by atoms with van der Waals surface area (Å²) in [5.74, 6) is 0.517. The van der Waals surface area contributed by atoms with Crippen LogP contribution in [0.5, 0.6) is 5.88 Å². The Balaban J connectivity index is 1.97. The van der Waals surface area contributed by atoms with Crippen molar-refractivity contribution in [1.29, 1.82) is 0 Å². The number of rotatable bonds is 3. The van der Waals surface area contributed by atoms with Crippen LogP contribution in [-0.4, -0.2) is 30.2 Å². The van der Waals surface area contributed by atoms with Crippen LogP contribution in [0.3, 0.4) is 0 Å². The van der Waals surface area contributed by atoms with Crippen molar-refractivity contribution >= 4 is 11.7 Å². The molecule has 0 saturated carbocycles. The van der Waals surface area contributed by atoms with E-state index in [1.807, 2.05) is 0 Å². The first-order valence-electron chi connectivity index (χ1n) is 5.64. The monoisotopic (exact) mass is 236 g/mol. The van der Waals surface area contributed by atoms with Crippen LogP contribution in [0.25, 0.3) is 0 Å². The molecule has 4 N–H and O–H groups in total. The van der Waals surface area contributed by atoms with E-state index in [9.17, 15) is 4.79 Å².